The van der Waals surface area contributed by atoms with E-state index in [-0.39, 0.29) is 18.4 Å². The summed E-state index contributed by atoms with van der Waals surface area (Å²) in [6.07, 6.45) is 3.19. The SMILES string of the molecule is COc1ccccc1OCC(=O)Nc1cccc(NC(=O)/C=C/c2ccccc2)c1. The van der Waals surface area contributed by atoms with Gasteiger partial charge < -0.3 is 20.1 Å². The first-order valence-corrected chi connectivity index (χ1v) is 9.34. The molecule has 30 heavy (non-hydrogen) atoms. The number of hydrogen-bond donors (Lipinski definition) is 2. The molecular weight excluding hydrogens is 380 g/mol. The summed E-state index contributed by atoms with van der Waals surface area (Å²) in [5.74, 6) is 0.454. The fourth-order valence-electron chi connectivity index (χ4n) is 2.67. The van der Waals surface area contributed by atoms with E-state index in [1.807, 2.05) is 36.4 Å². The molecule has 2 N–H and O–H groups in total. The number of carbonyl (C=O) groups is 2. The molecular formula is C24H22N2O4. The summed E-state index contributed by atoms with van der Waals surface area (Å²) in [4.78, 5) is 24.3. The van der Waals surface area contributed by atoms with E-state index in [2.05, 4.69) is 10.6 Å². The summed E-state index contributed by atoms with van der Waals surface area (Å²) < 4.78 is 10.7. The number of carbonyl (C=O) groups excluding carboxylic acids is 2. The van der Waals surface area contributed by atoms with Crippen molar-refractivity contribution < 1.29 is 19.1 Å². The first kappa shape index (κ1) is 20.7. The van der Waals surface area contributed by atoms with E-state index in [0.717, 1.165) is 5.56 Å². The second-order valence-corrected chi connectivity index (χ2v) is 6.30. The van der Waals surface area contributed by atoms with Crippen LogP contribution in [0.1, 0.15) is 5.56 Å². The summed E-state index contributed by atoms with van der Waals surface area (Å²) in [5.41, 5.74) is 2.05. The third kappa shape index (κ3) is 6.24. The highest BCUT2D eigenvalue weighted by Gasteiger charge is 2.08. The summed E-state index contributed by atoms with van der Waals surface area (Å²) in [7, 11) is 1.54. The summed E-state index contributed by atoms with van der Waals surface area (Å²) in [6, 6.07) is 23.5. The number of methoxy groups -OCH3 is 1. The maximum atomic E-state index is 12.2. The Balaban J connectivity index is 1.54. The van der Waals surface area contributed by atoms with Crippen molar-refractivity contribution in [2.24, 2.45) is 0 Å². The molecule has 0 saturated heterocycles. The van der Waals surface area contributed by atoms with Crippen molar-refractivity contribution in [1.29, 1.82) is 0 Å². The molecule has 0 aliphatic rings. The Morgan fingerprint density at radius 3 is 2.23 bits per heavy atom. The molecule has 3 rings (SSSR count). The van der Waals surface area contributed by atoms with Gasteiger partial charge in [-0.1, -0.05) is 48.5 Å². The molecule has 152 valence electrons. The Hall–Kier alpha value is -4.06. The lowest BCUT2D eigenvalue weighted by Gasteiger charge is -2.11. The van der Waals surface area contributed by atoms with Crippen LogP contribution >= 0.6 is 0 Å². The van der Waals surface area contributed by atoms with Gasteiger partial charge >= 0.3 is 0 Å². The molecule has 3 aromatic carbocycles. The number of nitrogens with one attached hydrogen (secondary N) is 2. The lowest BCUT2D eigenvalue weighted by Crippen LogP contribution is -2.20. The molecule has 3 aromatic rings. The van der Waals surface area contributed by atoms with E-state index in [9.17, 15) is 9.59 Å². The van der Waals surface area contributed by atoms with Gasteiger partial charge in [-0.3, -0.25) is 9.59 Å². The standard InChI is InChI=1S/C24H22N2O4/c1-29-21-12-5-6-13-22(21)30-17-24(28)26-20-11-7-10-19(16-20)25-23(27)15-14-18-8-3-2-4-9-18/h2-16H,17H2,1H3,(H,25,27)(H,26,28)/b15-14+. The monoisotopic (exact) mass is 402 g/mol. The highest BCUT2D eigenvalue weighted by atomic mass is 16.5. The van der Waals surface area contributed by atoms with Crippen molar-refractivity contribution in [3.63, 3.8) is 0 Å². The Morgan fingerprint density at radius 2 is 1.50 bits per heavy atom. The van der Waals surface area contributed by atoms with Crippen LogP contribution in [0.2, 0.25) is 0 Å². The number of para-hydroxylation sites is 2. The van der Waals surface area contributed by atoms with E-state index in [1.54, 1.807) is 48.5 Å². The minimum Gasteiger partial charge on any atom is -0.493 e. The Morgan fingerprint density at radius 1 is 0.833 bits per heavy atom. The van der Waals surface area contributed by atoms with Crippen LogP contribution in [0.15, 0.2) is 84.9 Å². The van der Waals surface area contributed by atoms with Crippen LogP contribution in [0.3, 0.4) is 0 Å². The van der Waals surface area contributed by atoms with E-state index in [1.165, 1.54) is 13.2 Å². The van der Waals surface area contributed by atoms with Gasteiger partial charge in [-0.15, -0.1) is 0 Å². The van der Waals surface area contributed by atoms with Crippen LogP contribution in [0, 0.1) is 0 Å². The molecule has 2 amide bonds. The average Bonchev–Trinajstić information content (AvgIpc) is 2.77. The maximum Gasteiger partial charge on any atom is 0.262 e. The maximum absolute atomic E-state index is 12.2. The van der Waals surface area contributed by atoms with Crippen LogP contribution < -0.4 is 20.1 Å². The third-order valence-electron chi connectivity index (χ3n) is 4.07. The van der Waals surface area contributed by atoms with E-state index in [0.29, 0.717) is 22.9 Å². The minimum absolute atomic E-state index is 0.170. The van der Waals surface area contributed by atoms with E-state index >= 15 is 0 Å². The molecule has 0 radical (unpaired) electrons. The molecule has 0 atom stereocenters. The van der Waals surface area contributed by atoms with Gasteiger partial charge in [0.05, 0.1) is 7.11 Å². The molecule has 0 spiro atoms. The van der Waals surface area contributed by atoms with Gasteiger partial charge in [-0.25, -0.2) is 0 Å². The normalized spacial score (nSPS) is 10.4. The molecule has 6 heteroatoms. The molecule has 0 heterocycles. The van der Waals surface area contributed by atoms with E-state index in [4.69, 9.17) is 9.47 Å². The Bertz CT molecular complexity index is 1030. The van der Waals surface area contributed by atoms with Crippen molar-refractivity contribution in [1.82, 2.24) is 0 Å². The fourth-order valence-corrected chi connectivity index (χ4v) is 2.67. The van der Waals surface area contributed by atoms with Crippen molar-refractivity contribution in [3.8, 4) is 11.5 Å². The van der Waals surface area contributed by atoms with Crippen LogP contribution in [-0.2, 0) is 9.59 Å². The van der Waals surface area contributed by atoms with Crippen LogP contribution in [0.5, 0.6) is 11.5 Å². The van der Waals surface area contributed by atoms with Gasteiger partial charge in [-0.05, 0) is 42.0 Å². The number of anilines is 2. The first-order chi connectivity index (χ1) is 14.6. The molecule has 6 nitrogen and oxygen atoms in total. The topological polar surface area (TPSA) is 76.7 Å². The second kappa shape index (κ2) is 10.5. The van der Waals surface area contributed by atoms with Crippen molar-refractivity contribution in [2.75, 3.05) is 24.4 Å². The van der Waals surface area contributed by atoms with Gasteiger partial charge in [0.15, 0.2) is 18.1 Å². The molecule has 0 bridgehead atoms. The molecule has 0 fully saturated rings. The first-order valence-electron chi connectivity index (χ1n) is 9.34. The van der Waals surface area contributed by atoms with Crippen LogP contribution in [0.4, 0.5) is 11.4 Å². The number of rotatable bonds is 8. The summed E-state index contributed by atoms with van der Waals surface area (Å²) in [6.45, 7) is -0.170. The lowest BCUT2D eigenvalue weighted by molar-refractivity contribution is -0.118. The van der Waals surface area contributed by atoms with Gasteiger partial charge in [0.25, 0.3) is 5.91 Å². The molecule has 0 saturated carbocycles. The highest BCUT2D eigenvalue weighted by Crippen LogP contribution is 2.25. The summed E-state index contributed by atoms with van der Waals surface area (Å²) >= 11 is 0. The van der Waals surface area contributed by atoms with E-state index < -0.39 is 0 Å². The van der Waals surface area contributed by atoms with Gasteiger partial charge in [0.1, 0.15) is 0 Å². The molecule has 0 aliphatic carbocycles. The summed E-state index contributed by atoms with van der Waals surface area (Å²) in [5, 5.41) is 5.52. The number of hydrogen-bond acceptors (Lipinski definition) is 4. The number of amides is 2. The second-order valence-electron chi connectivity index (χ2n) is 6.30. The fraction of sp³-hybridized carbons (Fsp3) is 0.0833. The van der Waals surface area contributed by atoms with Gasteiger partial charge in [0.2, 0.25) is 5.91 Å². The van der Waals surface area contributed by atoms with Crippen molar-refractivity contribution >= 4 is 29.3 Å². The Labute approximate surface area is 175 Å². The van der Waals surface area contributed by atoms with Crippen molar-refractivity contribution in [2.45, 2.75) is 0 Å². The average molecular weight is 402 g/mol. The van der Waals surface area contributed by atoms with Gasteiger partial charge in [-0.2, -0.15) is 0 Å². The lowest BCUT2D eigenvalue weighted by atomic mass is 10.2. The third-order valence-corrected chi connectivity index (χ3v) is 4.07. The largest absolute Gasteiger partial charge is 0.493 e. The molecule has 0 aliphatic heterocycles. The number of ether oxygens (including phenoxy) is 2. The van der Waals surface area contributed by atoms with Crippen LogP contribution in [0.25, 0.3) is 6.08 Å². The zero-order chi connectivity index (χ0) is 21.2. The number of benzene rings is 3. The van der Waals surface area contributed by atoms with Crippen LogP contribution in [-0.4, -0.2) is 25.5 Å². The quantitative estimate of drug-likeness (QED) is 0.549. The minimum atomic E-state index is -0.326. The van der Waals surface area contributed by atoms with Crippen molar-refractivity contribution in [3.05, 3.63) is 90.5 Å². The molecule has 0 aromatic heterocycles. The van der Waals surface area contributed by atoms with Gasteiger partial charge in [0, 0.05) is 17.5 Å². The zero-order valence-electron chi connectivity index (χ0n) is 16.5. The molecule has 0 unspecified atom stereocenters. The zero-order valence-corrected chi connectivity index (χ0v) is 16.5. The predicted octanol–water partition coefficient (Wildman–Crippen LogP) is 4.36. The smallest absolute Gasteiger partial charge is 0.262 e. The highest BCUT2D eigenvalue weighted by molar-refractivity contribution is 6.02. The Kier molecular flexibility index (Phi) is 7.22. The predicted molar refractivity (Wildman–Crippen MR) is 118 cm³/mol.